The number of carboxylic acids is 1. The van der Waals surface area contributed by atoms with Crippen molar-refractivity contribution in [1.29, 1.82) is 0 Å². The van der Waals surface area contributed by atoms with E-state index in [1.165, 1.54) is 37.0 Å². The first-order chi connectivity index (χ1) is 9.66. The van der Waals surface area contributed by atoms with Crippen molar-refractivity contribution in [3.05, 3.63) is 22.4 Å². The minimum Gasteiger partial charge on any atom is -0.479 e. The molecule has 0 aliphatic heterocycles. The van der Waals surface area contributed by atoms with Gasteiger partial charge in [-0.25, -0.2) is 9.59 Å². The molecule has 1 aliphatic rings. The highest BCUT2D eigenvalue weighted by Gasteiger charge is 2.23. The van der Waals surface area contributed by atoms with Crippen molar-refractivity contribution in [3.63, 3.8) is 0 Å². The van der Waals surface area contributed by atoms with Crippen molar-refractivity contribution in [2.75, 3.05) is 6.54 Å². The van der Waals surface area contributed by atoms with Crippen LogP contribution in [-0.4, -0.2) is 23.7 Å². The second kappa shape index (κ2) is 7.28. The van der Waals surface area contributed by atoms with E-state index in [0.29, 0.717) is 17.3 Å². The SMILES string of the molecule is O=C(NCCC1CCCC1)NC(C(=O)O)c1cccs1. The fourth-order valence-electron chi connectivity index (χ4n) is 2.58. The van der Waals surface area contributed by atoms with E-state index in [0.717, 1.165) is 6.42 Å². The predicted molar refractivity (Wildman–Crippen MR) is 77.8 cm³/mol. The van der Waals surface area contributed by atoms with Gasteiger partial charge in [0, 0.05) is 11.4 Å². The number of hydrogen-bond acceptors (Lipinski definition) is 3. The molecule has 0 bridgehead atoms. The van der Waals surface area contributed by atoms with Gasteiger partial charge in [0.05, 0.1) is 0 Å². The molecule has 3 N–H and O–H groups in total. The molecule has 1 aromatic heterocycles. The van der Waals surface area contributed by atoms with Gasteiger partial charge in [0.15, 0.2) is 6.04 Å². The standard InChI is InChI=1S/C14H20N2O3S/c17-13(18)12(11-6-3-9-20-11)16-14(19)15-8-7-10-4-1-2-5-10/h3,6,9-10,12H,1-2,4-5,7-8H2,(H,17,18)(H2,15,16,19). The monoisotopic (exact) mass is 296 g/mol. The lowest BCUT2D eigenvalue weighted by Gasteiger charge is -2.15. The van der Waals surface area contributed by atoms with Crippen LogP contribution in [0.5, 0.6) is 0 Å². The Bertz CT molecular complexity index is 441. The molecule has 1 aromatic rings. The van der Waals surface area contributed by atoms with Crippen molar-refractivity contribution < 1.29 is 14.7 Å². The second-order valence-electron chi connectivity index (χ2n) is 5.13. The molecule has 1 saturated carbocycles. The number of amides is 2. The van der Waals surface area contributed by atoms with Gasteiger partial charge in [0.25, 0.3) is 0 Å². The van der Waals surface area contributed by atoms with Crippen LogP contribution >= 0.6 is 11.3 Å². The number of aliphatic carboxylic acids is 1. The smallest absolute Gasteiger partial charge is 0.331 e. The van der Waals surface area contributed by atoms with E-state index >= 15 is 0 Å². The Hall–Kier alpha value is -1.56. The average Bonchev–Trinajstić information content (AvgIpc) is 3.08. The Balaban J connectivity index is 1.75. The van der Waals surface area contributed by atoms with Crippen LogP contribution in [0.15, 0.2) is 17.5 Å². The van der Waals surface area contributed by atoms with E-state index in [1.807, 2.05) is 0 Å². The van der Waals surface area contributed by atoms with Crippen LogP contribution in [-0.2, 0) is 4.79 Å². The van der Waals surface area contributed by atoms with E-state index in [-0.39, 0.29) is 0 Å². The molecule has 1 fully saturated rings. The third-order valence-electron chi connectivity index (χ3n) is 3.66. The van der Waals surface area contributed by atoms with Gasteiger partial charge in [0.2, 0.25) is 0 Å². The number of carbonyl (C=O) groups excluding carboxylic acids is 1. The van der Waals surface area contributed by atoms with Gasteiger partial charge < -0.3 is 15.7 Å². The first kappa shape index (κ1) is 14.8. The van der Waals surface area contributed by atoms with Crippen LogP contribution < -0.4 is 10.6 Å². The minimum absolute atomic E-state index is 0.413. The summed E-state index contributed by atoms with van der Waals surface area (Å²) in [6, 6.07) is 2.10. The largest absolute Gasteiger partial charge is 0.479 e. The molecule has 5 nitrogen and oxygen atoms in total. The Morgan fingerprint density at radius 1 is 1.40 bits per heavy atom. The molecule has 110 valence electrons. The highest BCUT2D eigenvalue weighted by Crippen LogP contribution is 2.26. The quantitative estimate of drug-likeness (QED) is 0.755. The summed E-state index contributed by atoms with van der Waals surface area (Å²) < 4.78 is 0. The Morgan fingerprint density at radius 2 is 2.15 bits per heavy atom. The molecule has 1 aliphatic carbocycles. The molecule has 1 heterocycles. The normalized spacial score (nSPS) is 16.8. The lowest BCUT2D eigenvalue weighted by atomic mass is 10.0. The second-order valence-corrected chi connectivity index (χ2v) is 6.11. The lowest BCUT2D eigenvalue weighted by molar-refractivity contribution is -0.139. The van der Waals surface area contributed by atoms with Crippen LogP contribution in [0.1, 0.15) is 43.0 Å². The van der Waals surface area contributed by atoms with Crippen molar-refractivity contribution in [2.45, 2.75) is 38.1 Å². The van der Waals surface area contributed by atoms with E-state index in [4.69, 9.17) is 5.11 Å². The summed E-state index contributed by atoms with van der Waals surface area (Å²) in [4.78, 5) is 23.6. The number of carbonyl (C=O) groups is 2. The molecule has 0 spiro atoms. The van der Waals surface area contributed by atoms with E-state index in [1.54, 1.807) is 17.5 Å². The number of nitrogens with one attached hydrogen (secondary N) is 2. The first-order valence-corrected chi connectivity index (χ1v) is 7.85. The summed E-state index contributed by atoms with van der Waals surface area (Å²) in [5, 5.41) is 16.2. The van der Waals surface area contributed by atoms with Crippen LogP contribution in [0.4, 0.5) is 4.79 Å². The number of rotatable bonds is 6. The van der Waals surface area contributed by atoms with Gasteiger partial charge in [-0.3, -0.25) is 0 Å². The first-order valence-electron chi connectivity index (χ1n) is 6.97. The molecule has 0 radical (unpaired) electrons. The number of urea groups is 1. The Morgan fingerprint density at radius 3 is 2.75 bits per heavy atom. The third-order valence-corrected chi connectivity index (χ3v) is 4.60. The maximum atomic E-state index is 11.7. The van der Waals surface area contributed by atoms with Gasteiger partial charge in [-0.1, -0.05) is 31.7 Å². The maximum Gasteiger partial charge on any atom is 0.331 e. The molecule has 1 atom stereocenters. The molecule has 2 amide bonds. The van der Waals surface area contributed by atoms with E-state index in [2.05, 4.69) is 10.6 Å². The van der Waals surface area contributed by atoms with Crippen molar-refractivity contribution >= 4 is 23.3 Å². The zero-order valence-electron chi connectivity index (χ0n) is 11.3. The molecule has 0 saturated heterocycles. The molecule has 6 heteroatoms. The molecular weight excluding hydrogens is 276 g/mol. The van der Waals surface area contributed by atoms with Crippen molar-refractivity contribution in [1.82, 2.24) is 10.6 Å². The van der Waals surface area contributed by atoms with Crippen LogP contribution in [0.25, 0.3) is 0 Å². The van der Waals surface area contributed by atoms with E-state index in [9.17, 15) is 9.59 Å². The summed E-state index contributed by atoms with van der Waals surface area (Å²) in [6.07, 6.45) is 6.04. The van der Waals surface area contributed by atoms with Crippen LogP contribution in [0, 0.1) is 5.92 Å². The zero-order chi connectivity index (χ0) is 14.4. The molecule has 0 aromatic carbocycles. The maximum absolute atomic E-state index is 11.7. The highest BCUT2D eigenvalue weighted by atomic mass is 32.1. The molecule has 1 unspecified atom stereocenters. The average molecular weight is 296 g/mol. The van der Waals surface area contributed by atoms with Gasteiger partial charge in [-0.2, -0.15) is 0 Å². The van der Waals surface area contributed by atoms with Gasteiger partial charge in [0.1, 0.15) is 0 Å². The number of hydrogen-bond donors (Lipinski definition) is 3. The van der Waals surface area contributed by atoms with Crippen LogP contribution in [0.3, 0.4) is 0 Å². The molecule has 20 heavy (non-hydrogen) atoms. The third kappa shape index (κ3) is 4.23. The molecule has 2 rings (SSSR count). The summed E-state index contributed by atoms with van der Waals surface area (Å²) in [6.45, 7) is 0.604. The highest BCUT2D eigenvalue weighted by molar-refractivity contribution is 7.10. The van der Waals surface area contributed by atoms with Crippen LogP contribution in [0.2, 0.25) is 0 Å². The fourth-order valence-corrected chi connectivity index (χ4v) is 3.35. The summed E-state index contributed by atoms with van der Waals surface area (Å²) in [5.41, 5.74) is 0. The topological polar surface area (TPSA) is 78.4 Å². The number of thiophene rings is 1. The van der Waals surface area contributed by atoms with Gasteiger partial charge in [-0.05, 0) is 23.8 Å². The van der Waals surface area contributed by atoms with E-state index < -0.39 is 18.0 Å². The zero-order valence-corrected chi connectivity index (χ0v) is 12.1. The lowest BCUT2D eigenvalue weighted by Crippen LogP contribution is -2.41. The van der Waals surface area contributed by atoms with Gasteiger partial charge in [-0.15, -0.1) is 11.3 Å². The van der Waals surface area contributed by atoms with Crippen molar-refractivity contribution in [2.24, 2.45) is 5.92 Å². The van der Waals surface area contributed by atoms with Gasteiger partial charge >= 0.3 is 12.0 Å². The summed E-state index contributed by atoms with van der Waals surface area (Å²) in [7, 11) is 0. The Labute approximate surface area is 122 Å². The summed E-state index contributed by atoms with van der Waals surface area (Å²) >= 11 is 1.32. The molecular formula is C14H20N2O3S. The number of carboxylic acid groups (broad SMARTS) is 1. The predicted octanol–water partition coefficient (Wildman–Crippen LogP) is 2.75. The summed E-state index contributed by atoms with van der Waals surface area (Å²) in [5.74, 6) is -0.332. The van der Waals surface area contributed by atoms with Crippen molar-refractivity contribution in [3.8, 4) is 0 Å². The fraction of sp³-hybridized carbons (Fsp3) is 0.571. The minimum atomic E-state index is -1.04. The Kier molecular flexibility index (Phi) is 5.40.